The highest BCUT2D eigenvalue weighted by atomic mass is 16.6. The summed E-state index contributed by atoms with van der Waals surface area (Å²) in [5, 5.41) is 2.65. The molecule has 0 spiro atoms. The van der Waals surface area contributed by atoms with Gasteiger partial charge in [-0.05, 0) is 37.5 Å². The van der Waals surface area contributed by atoms with E-state index in [1.165, 1.54) is 6.92 Å². The number of rotatable bonds is 8. The van der Waals surface area contributed by atoms with Gasteiger partial charge in [-0.2, -0.15) is 0 Å². The van der Waals surface area contributed by atoms with Crippen molar-refractivity contribution in [1.29, 1.82) is 0 Å². The van der Waals surface area contributed by atoms with Crippen LogP contribution in [0.5, 0.6) is 0 Å². The molecule has 2 aromatic carbocycles. The lowest BCUT2D eigenvalue weighted by Gasteiger charge is -2.19. The molecule has 6 nitrogen and oxygen atoms in total. The molecule has 1 amide bonds. The first-order valence-electron chi connectivity index (χ1n) is 9.90. The molecule has 1 N–H and O–H groups in total. The Kier molecular flexibility index (Phi) is 8.16. The van der Waals surface area contributed by atoms with Gasteiger partial charge in [-0.25, -0.2) is 4.79 Å². The van der Waals surface area contributed by atoms with Crippen molar-refractivity contribution in [2.45, 2.75) is 58.8 Å². The molecule has 0 radical (unpaired) electrons. The van der Waals surface area contributed by atoms with E-state index in [0.717, 1.165) is 16.7 Å². The summed E-state index contributed by atoms with van der Waals surface area (Å²) in [5.41, 5.74) is 2.01. The number of hydrogen-bond donors (Lipinski definition) is 1. The first-order chi connectivity index (χ1) is 14.1. The number of amides is 1. The maximum Gasteiger partial charge on any atom is 0.329 e. The molecular weight excluding hydrogens is 382 g/mol. The van der Waals surface area contributed by atoms with Crippen molar-refractivity contribution in [2.24, 2.45) is 0 Å². The third kappa shape index (κ3) is 8.47. The van der Waals surface area contributed by atoms with Crippen LogP contribution in [-0.4, -0.2) is 29.5 Å². The number of ether oxygens (including phenoxy) is 2. The first kappa shape index (κ1) is 23.1. The molecule has 6 heteroatoms. The van der Waals surface area contributed by atoms with Crippen LogP contribution in [0.25, 0.3) is 0 Å². The quantitative estimate of drug-likeness (QED) is 0.674. The monoisotopic (exact) mass is 411 g/mol. The summed E-state index contributed by atoms with van der Waals surface area (Å²) in [6.45, 7) is 6.99. The minimum Gasteiger partial charge on any atom is -0.460 e. The summed E-state index contributed by atoms with van der Waals surface area (Å²) in [5.74, 6) is -1.10. The lowest BCUT2D eigenvalue weighted by atomic mass is 10.0. The average molecular weight is 411 g/mol. The highest BCUT2D eigenvalue weighted by Crippen LogP contribution is 2.13. The molecule has 0 heterocycles. The second kappa shape index (κ2) is 10.6. The van der Waals surface area contributed by atoms with Crippen LogP contribution >= 0.6 is 0 Å². The van der Waals surface area contributed by atoms with Gasteiger partial charge in [-0.1, -0.05) is 54.6 Å². The summed E-state index contributed by atoms with van der Waals surface area (Å²) in [6, 6.07) is 15.9. The van der Waals surface area contributed by atoms with Crippen LogP contribution in [0.3, 0.4) is 0 Å². The predicted octanol–water partition coefficient (Wildman–Crippen LogP) is 3.36. The second-order valence-electron chi connectivity index (χ2n) is 8.13. The summed E-state index contributed by atoms with van der Waals surface area (Å²) in [6.07, 6.45) is 0.464. The molecule has 1 unspecified atom stereocenters. The Hall–Kier alpha value is -3.15. The molecule has 0 saturated carbocycles. The Labute approximate surface area is 177 Å². The minimum absolute atomic E-state index is 0.143. The van der Waals surface area contributed by atoms with Crippen molar-refractivity contribution in [3.8, 4) is 0 Å². The Balaban J connectivity index is 1.97. The molecule has 0 aromatic heterocycles. The number of esters is 2. The van der Waals surface area contributed by atoms with E-state index in [2.05, 4.69) is 5.32 Å². The van der Waals surface area contributed by atoms with E-state index in [1.807, 2.05) is 75.4 Å². The van der Waals surface area contributed by atoms with E-state index in [9.17, 15) is 14.4 Å². The summed E-state index contributed by atoms with van der Waals surface area (Å²) in [7, 11) is 0. The molecule has 160 valence electrons. The predicted molar refractivity (Wildman–Crippen MR) is 114 cm³/mol. The smallest absolute Gasteiger partial charge is 0.329 e. The van der Waals surface area contributed by atoms with E-state index in [4.69, 9.17) is 9.47 Å². The van der Waals surface area contributed by atoms with E-state index in [1.54, 1.807) is 0 Å². The van der Waals surface area contributed by atoms with Gasteiger partial charge in [0.05, 0.1) is 6.42 Å². The van der Waals surface area contributed by atoms with Gasteiger partial charge in [0.2, 0.25) is 5.91 Å². The fraction of sp³-hybridized carbons (Fsp3) is 0.375. The molecule has 0 fully saturated rings. The van der Waals surface area contributed by atoms with Crippen molar-refractivity contribution in [2.75, 3.05) is 0 Å². The molecule has 0 aliphatic heterocycles. The van der Waals surface area contributed by atoms with Crippen LogP contribution in [0, 0.1) is 0 Å². The van der Waals surface area contributed by atoms with Gasteiger partial charge in [-0.15, -0.1) is 0 Å². The van der Waals surface area contributed by atoms with Crippen LogP contribution in [0.1, 0.15) is 44.4 Å². The number of nitrogens with one attached hydrogen (secondary N) is 1. The number of carbonyl (C=O) groups excluding carboxylic acids is 3. The van der Waals surface area contributed by atoms with Gasteiger partial charge < -0.3 is 14.8 Å². The lowest BCUT2D eigenvalue weighted by Crippen LogP contribution is -2.42. The summed E-state index contributed by atoms with van der Waals surface area (Å²) < 4.78 is 10.7. The number of hydrogen-bond acceptors (Lipinski definition) is 5. The second-order valence-corrected chi connectivity index (χ2v) is 8.13. The van der Waals surface area contributed by atoms with Crippen LogP contribution in [0.15, 0.2) is 54.6 Å². The van der Waals surface area contributed by atoms with Gasteiger partial charge in [0.25, 0.3) is 0 Å². The van der Waals surface area contributed by atoms with Gasteiger partial charge in [-0.3, -0.25) is 9.59 Å². The zero-order chi connectivity index (χ0) is 22.1. The van der Waals surface area contributed by atoms with Gasteiger partial charge in [0.15, 0.2) is 0 Å². The average Bonchev–Trinajstić information content (AvgIpc) is 2.66. The number of carbonyl (C=O) groups is 3. The van der Waals surface area contributed by atoms with Crippen LogP contribution in [-0.2, 0) is 43.3 Å². The maximum atomic E-state index is 12.5. The Morgan fingerprint density at radius 2 is 1.50 bits per heavy atom. The van der Waals surface area contributed by atoms with Crippen molar-refractivity contribution in [1.82, 2.24) is 5.32 Å². The topological polar surface area (TPSA) is 81.7 Å². The standard InChI is InChI=1S/C24H29NO5/c1-17(26)25-21(23(28)29-16-20-8-6-5-7-9-20)14-18-10-12-19(13-11-18)15-22(27)30-24(2,3)4/h5-13,21H,14-16H2,1-4H3,(H,25,26). The van der Waals surface area contributed by atoms with E-state index in [0.29, 0.717) is 6.42 Å². The molecule has 30 heavy (non-hydrogen) atoms. The lowest BCUT2D eigenvalue weighted by molar-refractivity contribution is -0.154. The van der Waals surface area contributed by atoms with E-state index >= 15 is 0 Å². The number of benzene rings is 2. The molecule has 0 aliphatic carbocycles. The normalized spacial score (nSPS) is 12.0. The van der Waals surface area contributed by atoms with Crippen molar-refractivity contribution < 1.29 is 23.9 Å². The molecule has 1 atom stereocenters. The molecule has 0 saturated heterocycles. The largest absolute Gasteiger partial charge is 0.460 e. The van der Waals surface area contributed by atoms with Crippen molar-refractivity contribution >= 4 is 17.8 Å². The fourth-order valence-corrected chi connectivity index (χ4v) is 2.84. The Bertz CT molecular complexity index is 853. The van der Waals surface area contributed by atoms with Crippen LogP contribution in [0.2, 0.25) is 0 Å². The Morgan fingerprint density at radius 1 is 0.900 bits per heavy atom. The highest BCUT2D eigenvalue weighted by molar-refractivity contribution is 5.83. The van der Waals surface area contributed by atoms with E-state index < -0.39 is 17.6 Å². The van der Waals surface area contributed by atoms with Gasteiger partial charge >= 0.3 is 11.9 Å². The molecular formula is C24H29NO5. The zero-order valence-corrected chi connectivity index (χ0v) is 17.9. The molecule has 2 aromatic rings. The SMILES string of the molecule is CC(=O)NC(Cc1ccc(CC(=O)OC(C)(C)C)cc1)C(=O)OCc1ccccc1. The van der Waals surface area contributed by atoms with Crippen molar-refractivity contribution in [3.63, 3.8) is 0 Å². The molecule has 0 aliphatic rings. The molecule has 2 rings (SSSR count). The highest BCUT2D eigenvalue weighted by Gasteiger charge is 2.22. The third-order valence-corrected chi connectivity index (χ3v) is 4.12. The van der Waals surface area contributed by atoms with Gasteiger partial charge in [0.1, 0.15) is 18.2 Å². The van der Waals surface area contributed by atoms with E-state index in [-0.39, 0.29) is 24.9 Å². The third-order valence-electron chi connectivity index (χ3n) is 4.12. The Morgan fingerprint density at radius 3 is 2.07 bits per heavy atom. The maximum absolute atomic E-state index is 12.5. The molecule has 0 bridgehead atoms. The first-order valence-corrected chi connectivity index (χ1v) is 9.90. The van der Waals surface area contributed by atoms with Crippen LogP contribution < -0.4 is 5.32 Å². The van der Waals surface area contributed by atoms with Crippen LogP contribution in [0.4, 0.5) is 0 Å². The van der Waals surface area contributed by atoms with Gasteiger partial charge in [0, 0.05) is 13.3 Å². The van der Waals surface area contributed by atoms with Crippen molar-refractivity contribution in [3.05, 3.63) is 71.3 Å². The fourth-order valence-electron chi connectivity index (χ4n) is 2.84. The minimum atomic E-state index is -0.789. The summed E-state index contributed by atoms with van der Waals surface area (Å²) in [4.78, 5) is 36.0. The summed E-state index contributed by atoms with van der Waals surface area (Å²) >= 11 is 0. The zero-order valence-electron chi connectivity index (χ0n) is 17.9.